The van der Waals surface area contributed by atoms with E-state index in [1.54, 1.807) is 0 Å². The van der Waals surface area contributed by atoms with Crippen LogP contribution in [-0.2, 0) is 0 Å². The number of carboxylic acid groups (broad SMARTS) is 1. The van der Waals surface area contributed by atoms with Gasteiger partial charge in [-0.15, -0.1) is 0 Å². The van der Waals surface area contributed by atoms with E-state index in [-0.39, 0.29) is 0 Å². The molecule has 1 N–H and O–H groups in total. The quantitative estimate of drug-likeness (QED) is 0.466. The molecular formula is CH3O2P. The fourth-order valence-corrected chi connectivity index (χ4v) is 0. The summed E-state index contributed by atoms with van der Waals surface area (Å²) in [5.74, 6) is 0. The van der Waals surface area contributed by atoms with E-state index in [1.165, 1.54) is 0 Å². The predicted molar refractivity (Wildman–Crippen MR) is 17.7 cm³/mol. The number of rotatable bonds is 1. The van der Waals surface area contributed by atoms with E-state index in [2.05, 4.69) is 0 Å². The zero-order valence-electron chi connectivity index (χ0n) is 2.86. The van der Waals surface area contributed by atoms with Crippen LogP contribution in [0.25, 0.3) is 0 Å². The van der Waals surface area contributed by atoms with Gasteiger partial charge in [-0.05, 0) is 9.18 Å². The first-order valence-corrected chi connectivity index (χ1v) is 1.18. The van der Waals surface area contributed by atoms with Crippen molar-refractivity contribution < 1.29 is 9.90 Å². The van der Waals surface area contributed by atoms with E-state index < -0.39 is 14.9 Å². The van der Waals surface area contributed by atoms with Crippen LogP contribution in [0.5, 0.6) is 0 Å². The molecule has 0 aromatic heterocycles. The monoisotopic (exact) mass is 80.0 g/mol. The standard InChI is InChI=1S/CH3O2P/c2-1(3)4/h4H2,(H,2,3)/i4T. The third-order valence-corrected chi connectivity index (χ3v) is 0. The lowest BCUT2D eigenvalue weighted by molar-refractivity contribution is 0.222. The Morgan fingerprint density at radius 1 is 2.50 bits per heavy atom. The van der Waals surface area contributed by atoms with Crippen molar-refractivity contribution in [3.63, 3.8) is 0 Å². The van der Waals surface area contributed by atoms with Gasteiger partial charge in [-0.1, -0.05) is 0 Å². The zero-order valence-corrected chi connectivity index (χ0v) is 2.86. The number of hydrogen-bond donors (Lipinski definition) is 1. The minimum atomic E-state index is -1.05. The summed E-state index contributed by atoms with van der Waals surface area (Å²) in [5, 5.41) is 7.55. The highest BCUT2D eigenvalue weighted by molar-refractivity contribution is 7.38. The molecule has 4 heavy (non-hydrogen) atoms. The highest BCUT2D eigenvalue weighted by Crippen LogP contribution is 1.74. The van der Waals surface area contributed by atoms with Crippen molar-refractivity contribution in [2.24, 2.45) is 0 Å². The predicted octanol–water partition coefficient (Wildman–Crippen LogP) is 0.539. The first-order valence-electron chi connectivity index (χ1n) is 1.18. The van der Waals surface area contributed by atoms with Gasteiger partial charge in [0.05, 0.1) is 1.28 Å². The fourth-order valence-electron chi connectivity index (χ4n) is 0. The van der Waals surface area contributed by atoms with Crippen LogP contribution in [-0.4, -0.2) is 12.1 Å². The molecule has 0 amide bonds. The molecule has 0 rings (SSSR count). The lowest BCUT2D eigenvalue weighted by Crippen LogP contribution is -1.65. The first kappa shape index (κ1) is 2.16. The van der Waals surface area contributed by atoms with Crippen LogP contribution in [0.4, 0.5) is 4.79 Å². The van der Waals surface area contributed by atoms with Gasteiger partial charge in [-0.3, -0.25) is 0 Å². The van der Waals surface area contributed by atoms with Crippen molar-refractivity contribution in [1.29, 1.82) is 1.28 Å². The maximum Gasteiger partial charge on any atom is 0.317 e. The minimum Gasteiger partial charge on any atom is -0.479 e. The molecular weight excluding hydrogens is 75.0 g/mol. The number of carbonyl (C=O) groups is 1. The van der Waals surface area contributed by atoms with Crippen molar-refractivity contribution >= 4 is 14.9 Å². The van der Waals surface area contributed by atoms with Crippen molar-refractivity contribution in [2.75, 3.05) is 0 Å². The van der Waals surface area contributed by atoms with E-state index in [9.17, 15) is 4.79 Å². The summed E-state index contributed by atoms with van der Waals surface area (Å²) < 4.78 is 6.09. The molecule has 0 saturated carbocycles. The summed E-state index contributed by atoms with van der Waals surface area (Å²) in [5.41, 5.74) is -1.05. The van der Waals surface area contributed by atoms with Crippen LogP contribution in [0.3, 0.4) is 0 Å². The lowest BCUT2D eigenvalue weighted by atomic mass is 11.6. The molecule has 0 heterocycles. The summed E-state index contributed by atoms with van der Waals surface area (Å²) in [7, 11) is -0.719. The fraction of sp³-hybridized carbons (Fsp3) is 0. The van der Waals surface area contributed by atoms with E-state index >= 15 is 0 Å². The number of hydrogen-bond acceptors (Lipinski definition) is 1. The molecule has 24 valence electrons. The second-order valence-corrected chi connectivity index (χ2v) is 0.733. The summed E-state index contributed by atoms with van der Waals surface area (Å²) in [4.78, 5) is 9.19. The molecule has 0 aliphatic carbocycles. The van der Waals surface area contributed by atoms with Gasteiger partial charge in [0.15, 0.2) is 0 Å². The van der Waals surface area contributed by atoms with Crippen LogP contribution in [0.2, 0.25) is 0 Å². The van der Waals surface area contributed by atoms with Crippen molar-refractivity contribution in [2.45, 2.75) is 0 Å². The van der Waals surface area contributed by atoms with Gasteiger partial charge in [0.25, 0.3) is 0 Å². The summed E-state index contributed by atoms with van der Waals surface area (Å²) in [6.45, 7) is 0. The van der Waals surface area contributed by atoms with Gasteiger partial charge in [0.2, 0.25) is 0 Å². The normalized spacial score (nSPS) is 12.5. The van der Waals surface area contributed by atoms with Crippen molar-refractivity contribution in [3.8, 4) is 0 Å². The molecule has 0 spiro atoms. The van der Waals surface area contributed by atoms with Crippen molar-refractivity contribution in [3.05, 3.63) is 0 Å². The van der Waals surface area contributed by atoms with Gasteiger partial charge < -0.3 is 5.11 Å². The molecule has 0 radical (unpaired) electrons. The maximum absolute atomic E-state index is 9.19. The topological polar surface area (TPSA) is 37.3 Å². The van der Waals surface area contributed by atoms with Gasteiger partial charge >= 0.3 is 5.71 Å². The van der Waals surface area contributed by atoms with Crippen LogP contribution in [0, 0.1) is 0 Å². The Kier molecular flexibility index (Phi) is 0.671. The van der Waals surface area contributed by atoms with Gasteiger partial charge in [-0.2, -0.15) is 0 Å². The van der Waals surface area contributed by atoms with E-state index in [1.807, 2.05) is 0 Å². The molecule has 1 unspecified atom stereocenters. The van der Waals surface area contributed by atoms with Crippen LogP contribution >= 0.6 is 9.18 Å². The summed E-state index contributed by atoms with van der Waals surface area (Å²) in [6, 6.07) is 0. The van der Waals surface area contributed by atoms with E-state index in [4.69, 9.17) is 6.39 Å². The molecule has 2 nitrogen and oxygen atoms in total. The van der Waals surface area contributed by atoms with E-state index in [0.29, 0.717) is 0 Å². The second-order valence-electron chi connectivity index (χ2n) is 0.305. The zero-order chi connectivity index (χ0) is 4.28. The molecule has 0 bridgehead atoms. The van der Waals surface area contributed by atoms with Crippen LogP contribution < -0.4 is 0 Å². The smallest absolute Gasteiger partial charge is 0.317 e. The molecule has 0 aliphatic rings. The highest BCUT2D eigenvalue weighted by Gasteiger charge is 1.65. The summed E-state index contributed by atoms with van der Waals surface area (Å²) >= 11 is 0. The van der Waals surface area contributed by atoms with Crippen LogP contribution in [0.15, 0.2) is 0 Å². The van der Waals surface area contributed by atoms with Crippen molar-refractivity contribution in [1.82, 2.24) is 0 Å². The second kappa shape index (κ2) is 1.24. The minimum absolute atomic E-state index is 0.719. The molecule has 0 fully saturated rings. The SMILES string of the molecule is [3H]PC(=O)O. The molecule has 0 aromatic rings. The van der Waals surface area contributed by atoms with Crippen LogP contribution in [0.1, 0.15) is 0 Å². The Morgan fingerprint density at radius 2 is 2.75 bits per heavy atom. The lowest BCUT2D eigenvalue weighted by Gasteiger charge is -1.59. The first-order chi connectivity index (χ1) is 2.27. The molecule has 0 aromatic carbocycles. The van der Waals surface area contributed by atoms with Gasteiger partial charge in [0, 0.05) is 0 Å². The van der Waals surface area contributed by atoms with Gasteiger partial charge in [-0.25, -0.2) is 4.79 Å². The molecule has 3 heteroatoms. The Morgan fingerprint density at radius 3 is 2.75 bits per heavy atom. The largest absolute Gasteiger partial charge is 0.479 e. The Hall–Kier alpha value is -0.100. The average Bonchev–Trinajstić information content (AvgIpc) is 1.38. The summed E-state index contributed by atoms with van der Waals surface area (Å²) in [6.07, 6.45) is 0. The van der Waals surface area contributed by atoms with Gasteiger partial charge in [0.1, 0.15) is 0 Å². The van der Waals surface area contributed by atoms with E-state index in [0.717, 1.165) is 0 Å². The average molecular weight is 80.0 g/mol. The maximum atomic E-state index is 9.19. The molecule has 1 atom stereocenters. The molecule has 0 saturated heterocycles. The Labute approximate surface area is 27.3 Å². The Bertz CT molecular complexity index is 44.9. The molecule has 0 aliphatic heterocycles. The highest BCUT2D eigenvalue weighted by atomic mass is 31.0. The Balaban J connectivity index is 2.85. The third-order valence-electron chi connectivity index (χ3n) is 0. The third kappa shape index (κ3) is 154.